The lowest BCUT2D eigenvalue weighted by molar-refractivity contribution is 0.414. The monoisotopic (exact) mass is 307 g/mol. The number of rotatable bonds is 3. The Labute approximate surface area is 135 Å². The maximum atomic E-state index is 4.71. The van der Waals surface area contributed by atoms with Gasteiger partial charge in [0.2, 0.25) is 0 Å². The van der Waals surface area contributed by atoms with Crippen LogP contribution in [0.4, 0.5) is 5.69 Å². The predicted molar refractivity (Wildman–Crippen MR) is 93.6 cm³/mol. The minimum absolute atomic E-state index is 0.511. The summed E-state index contributed by atoms with van der Waals surface area (Å²) in [6.07, 6.45) is 2.96. The molecule has 5 nitrogen and oxygen atoms in total. The van der Waals surface area contributed by atoms with Crippen LogP contribution in [0.2, 0.25) is 0 Å². The zero-order valence-corrected chi connectivity index (χ0v) is 13.5. The van der Waals surface area contributed by atoms with Gasteiger partial charge >= 0.3 is 0 Å². The maximum absolute atomic E-state index is 4.71. The molecule has 4 rings (SSSR count). The van der Waals surface area contributed by atoms with Crippen molar-refractivity contribution < 1.29 is 0 Å². The zero-order valence-electron chi connectivity index (χ0n) is 13.5. The van der Waals surface area contributed by atoms with Gasteiger partial charge in [0, 0.05) is 41.1 Å². The highest BCUT2D eigenvalue weighted by molar-refractivity contribution is 5.94. The minimum atomic E-state index is 0.511. The molecule has 5 heteroatoms. The summed E-state index contributed by atoms with van der Waals surface area (Å²) in [5, 5.41) is 11.9. The van der Waals surface area contributed by atoms with E-state index < -0.39 is 0 Å². The Kier molecular flexibility index (Phi) is 3.50. The number of anilines is 1. The summed E-state index contributed by atoms with van der Waals surface area (Å²) in [4.78, 5) is 7.08. The van der Waals surface area contributed by atoms with Crippen molar-refractivity contribution in [2.75, 3.05) is 25.5 Å². The molecule has 1 saturated heterocycles. The van der Waals surface area contributed by atoms with Crippen molar-refractivity contribution in [2.45, 2.75) is 19.4 Å². The van der Waals surface area contributed by atoms with Gasteiger partial charge in [-0.2, -0.15) is 5.10 Å². The van der Waals surface area contributed by atoms with E-state index in [1.54, 1.807) is 6.20 Å². The average Bonchev–Trinajstić information content (AvgIpc) is 3.18. The highest BCUT2D eigenvalue weighted by atomic mass is 15.2. The molecule has 0 radical (unpaired) electrons. The lowest BCUT2D eigenvalue weighted by atomic mass is 10.1. The number of aryl methyl sites for hydroxylation is 1. The van der Waals surface area contributed by atoms with Crippen molar-refractivity contribution in [1.29, 1.82) is 0 Å². The van der Waals surface area contributed by atoms with Crippen LogP contribution in [0.3, 0.4) is 0 Å². The molecule has 0 aliphatic carbocycles. The number of aromatic nitrogens is 3. The van der Waals surface area contributed by atoms with Crippen LogP contribution < -0.4 is 5.32 Å². The van der Waals surface area contributed by atoms with Crippen LogP contribution in [0.25, 0.3) is 22.2 Å². The first kappa shape index (κ1) is 14.2. The van der Waals surface area contributed by atoms with Gasteiger partial charge in [-0.25, -0.2) is 0 Å². The first-order valence-corrected chi connectivity index (χ1v) is 8.05. The van der Waals surface area contributed by atoms with Crippen LogP contribution >= 0.6 is 0 Å². The fourth-order valence-electron chi connectivity index (χ4n) is 3.34. The summed E-state index contributed by atoms with van der Waals surface area (Å²) in [5.74, 6) is 0. The van der Waals surface area contributed by atoms with Gasteiger partial charge in [0.05, 0.1) is 11.2 Å². The first-order valence-electron chi connectivity index (χ1n) is 8.05. The normalized spacial score (nSPS) is 18.6. The molecule has 2 aromatic heterocycles. The van der Waals surface area contributed by atoms with E-state index in [0.717, 1.165) is 35.6 Å². The fraction of sp³-hybridized carbons (Fsp3) is 0.333. The number of hydrogen-bond donors (Lipinski definition) is 2. The molecule has 0 unspecified atom stereocenters. The molecule has 0 bridgehead atoms. The Hall–Kier alpha value is -2.40. The molecule has 1 fully saturated rings. The third-order valence-corrected chi connectivity index (χ3v) is 4.50. The molecule has 2 N–H and O–H groups in total. The molecule has 1 aliphatic rings. The number of H-pyrrole nitrogens is 1. The third kappa shape index (κ3) is 2.80. The van der Waals surface area contributed by atoms with Gasteiger partial charge in [-0.05, 0) is 45.1 Å². The number of fused-ring (bicyclic) bond motifs is 1. The molecule has 0 spiro atoms. The second kappa shape index (κ2) is 5.66. The lowest BCUT2D eigenvalue weighted by Crippen LogP contribution is -2.23. The molecule has 0 saturated carbocycles. The van der Waals surface area contributed by atoms with Crippen molar-refractivity contribution in [3.63, 3.8) is 0 Å². The maximum Gasteiger partial charge on any atom is 0.0732 e. The highest BCUT2D eigenvalue weighted by Crippen LogP contribution is 2.28. The number of nitrogens with one attached hydrogen (secondary N) is 2. The van der Waals surface area contributed by atoms with Crippen LogP contribution in [0.15, 0.2) is 36.5 Å². The fourth-order valence-corrected chi connectivity index (χ4v) is 3.34. The number of benzene rings is 1. The van der Waals surface area contributed by atoms with Crippen molar-refractivity contribution in [3.05, 3.63) is 42.2 Å². The summed E-state index contributed by atoms with van der Waals surface area (Å²) in [7, 11) is 2.17. The van der Waals surface area contributed by atoms with Crippen molar-refractivity contribution in [3.8, 4) is 11.3 Å². The number of nitrogens with zero attached hydrogens (tertiary/aromatic N) is 3. The Morgan fingerprint density at radius 1 is 1.26 bits per heavy atom. The van der Waals surface area contributed by atoms with E-state index in [2.05, 4.69) is 51.7 Å². The van der Waals surface area contributed by atoms with E-state index in [1.165, 1.54) is 17.5 Å². The Morgan fingerprint density at radius 3 is 2.91 bits per heavy atom. The zero-order chi connectivity index (χ0) is 15.8. The van der Waals surface area contributed by atoms with Gasteiger partial charge in [-0.15, -0.1) is 0 Å². The standard InChI is InChI=1S/C18H21N5/c1-12-9-17(21-14-6-8-23(2)11-14)15-4-3-13(10-18(15)20-12)16-5-7-19-22-16/h3-5,7,9-10,14H,6,8,11H2,1-2H3,(H,19,22)(H,20,21)/t14-/m0/s1. The Morgan fingerprint density at radius 2 is 2.17 bits per heavy atom. The smallest absolute Gasteiger partial charge is 0.0732 e. The van der Waals surface area contributed by atoms with Gasteiger partial charge in [-0.1, -0.05) is 12.1 Å². The third-order valence-electron chi connectivity index (χ3n) is 4.50. The number of aromatic amines is 1. The van der Waals surface area contributed by atoms with Crippen LogP contribution in [0.1, 0.15) is 12.1 Å². The number of pyridine rings is 1. The highest BCUT2D eigenvalue weighted by Gasteiger charge is 2.20. The number of hydrogen-bond acceptors (Lipinski definition) is 4. The molecule has 1 aromatic carbocycles. The van der Waals surface area contributed by atoms with Gasteiger partial charge in [0.15, 0.2) is 0 Å². The number of likely N-dealkylation sites (N-methyl/N-ethyl adjacent to an activating group) is 1. The SMILES string of the molecule is Cc1cc(N[C@H]2CCN(C)C2)c2ccc(-c3ccn[nH]3)cc2n1. The van der Waals surface area contributed by atoms with Gasteiger partial charge < -0.3 is 10.2 Å². The molecule has 1 atom stereocenters. The summed E-state index contributed by atoms with van der Waals surface area (Å²) in [6.45, 7) is 4.30. The van der Waals surface area contributed by atoms with Crippen molar-refractivity contribution >= 4 is 16.6 Å². The van der Waals surface area contributed by atoms with Crippen LogP contribution in [0, 0.1) is 6.92 Å². The van der Waals surface area contributed by atoms with E-state index in [0.29, 0.717) is 6.04 Å². The molecule has 23 heavy (non-hydrogen) atoms. The molecule has 0 amide bonds. The second-order valence-electron chi connectivity index (χ2n) is 6.41. The summed E-state index contributed by atoms with van der Waals surface area (Å²) < 4.78 is 0. The topological polar surface area (TPSA) is 56.8 Å². The molecule has 3 heterocycles. The van der Waals surface area contributed by atoms with Gasteiger partial charge in [0.25, 0.3) is 0 Å². The van der Waals surface area contributed by atoms with Crippen LogP contribution in [-0.4, -0.2) is 46.3 Å². The van der Waals surface area contributed by atoms with E-state index in [1.807, 2.05) is 13.0 Å². The molecule has 118 valence electrons. The summed E-state index contributed by atoms with van der Waals surface area (Å²) in [6, 6.07) is 11.0. The molecular formula is C18H21N5. The van der Waals surface area contributed by atoms with Crippen LogP contribution in [-0.2, 0) is 0 Å². The minimum Gasteiger partial charge on any atom is -0.380 e. The van der Waals surface area contributed by atoms with Crippen molar-refractivity contribution in [1.82, 2.24) is 20.1 Å². The van der Waals surface area contributed by atoms with Gasteiger partial charge in [0.1, 0.15) is 0 Å². The second-order valence-corrected chi connectivity index (χ2v) is 6.41. The van der Waals surface area contributed by atoms with Gasteiger partial charge in [-0.3, -0.25) is 10.1 Å². The van der Waals surface area contributed by atoms with Crippen molar-refractivity contribution in [2.24, 2.45) is 0 Å². The van der Waals surface area contributed by atoms with E-state index in [-0.39, 0.29) is 0 Å². The summed E-state index contributed by atoms with van der Waals surface area (Å²) in [5.41, 5.74) is 5.37. The van der Waals surface area contributed by atoms with E-state index >= 15 is 0 Å². The molecule has 3 aromatic rings. The summed E-state index contributed by atoms with van der Waals surface area (Å²) >= 11 is 0. The largest absolute Gasteiger partial charge is 0.380 e. The van der Waals surface area contributed by atoms with Crippen LogP contribution in [0.5, 0.6) is 0 Å². The quantitative estimate of drug-likeness (QED) is 0.781. The predicted octanol–water partition coefficient (Wildman–Crippen LogP) is 3.05. The first-order chi connectivity index (χ1) is 11.2. The number of likely N-dealkylation sites (tertiary alicyclic amines) is 1. The Balaban J connectivity index is 1.73. The molecular weight excluding hydrogens is 286 g/mol. The van der Waals surface area contributed by atoms with E-state index in [4.69, 9.17) is 4.98 Å². The Bertz CT molecular complexity index is 825. The van der Waals surface area contributed by atoms with E-state index in [9.17, 15) is 0 Å². The average molecular weight is 307 g/mol. The lowest BCUT2D eigenvalue weighted by Gasteiger charge is -2.17. The molecule has 1 aliphatic heterocycles.